The number of furan rings is 1. The van der Waals surface area contributed by atoms with Crippen LogP contribution in [0, 0.1) is 11.7 Å². The molecule has 0 saturated heterocycles. The van der Waals surface area contributed by atoms with Crippen molar-refractivity contribution in [2.75, 3.05) is 13.7 Å². The summed E-state index contributed by atoms with van der Waals surface area (Å²) in [6, 6.07) is 6.04. The van der Waals surface area contributed by atoms with Crippen molar-refractivity contribution in [2.45, 2.75) is 18.4 Å². The molecule has 1 atom stereocenters. The van der Waals surface area contributed by atoms with Crippen LogP contribution in [0.25, 0.3) is 11.0 Å². The highest BCUT2D eigenvalue weighted by atomic mass is 19.1. The van der Waals surface area contributed by atoms with Crippen molar-refractivity contribution in [3.8, 4) is 0 Å². The molecule has 0 radical (unpaired) electrons. The molecule has 1 aliphatic carbocycles. The van der Waals surface area contributed by atoms with E-state index in [4.69, 9.17) is 9.15 Å². The van der Waals surface area contributed by atoms with Gasteiger partial charge in [-0.1, -0.05) is 0 Å². The first-order valence-corrected chi connectivity index (χ1v) is 6.04. The Labute approximate surface area is 104 Å². The van der Waals surface area contributed by atoms with Gasteiger partial charge in [0.1, 0.15) is 22.8 Å². The maximum atomic E-state index is 13.1. The van der Waals surface area contributed by atoms with Gasteiger partial charge in [0.2, 0.25) is 0 Å². The van der Waals surface area contributed by atoms with E-state index >= 15 is 0 Å². The van der Waals surface area contributed by atoms with Gasteiger partial charge in [-0.15, -0.1) is 0 Å². The van der Waals surface area contributed by atoms with Crippen LogP contribution in [0.2, 0.25) is 0 Å². The first-order chi connectivity index (χ1) is 8.63. The van der Waals surface area contributed by atoms with Gasteiger partial charge in [-0.2, -0.15) is 0 Å². The number of benzene rings is 1. The molecule has 18 heavy (non-hydrogen) atoms. The van der Waals surface area contributed by atoms with Crippen LogP contribution in [0.1, 0.15) is 18.6 Å². The number of ether oxygens (including phenoxy) is 1. The van der Waals surface area contributed by atoms with E-state index in [0.717, 1.165) is 12.8 Å². The molecule has 0 spiro atoms. The van der Waals surface area contributed by atoms with E-state index in [1.54, 1.807) is 19.2 Å². The van der Waals surface area contributed by atoms with Crippen LogP contribution in [-0.2, 0) is 10.3 Å². The lowest BCUT2D eigenvalue weighted by atomic mass is 9.95. The van der Waals surface area contributed by atoms with Gasteiger partial charge in [-0.05, 0) is 43.0 Å². The van der Waals surface area contributed by atoms with Gasteiger partial charge in [-0.25, -0.2) is 4.39 Å². The first-order valence-electron chi connectivity index (χ1n) is 6.04. The SMILES string of the molecule is COCC(O)(c1cc2cc(F)ccc2o1)C1CC1. The van der Waals surface area contributed by atoms with Crippen molar-refractivity contribution in [2.24, 2.45) is 5.92 Å². The molecule has 1 heterocycles. The van der Waals surface area contributed by atoms with E-state index in [9.17, 15) is 9.50 Å². The Morgan fingerprint density at radius 2 is 2.22 bits per heavy atom. The number of methoxy groups -OCH3 is 1. The normalized spacial score (nSPS) is 19.1. The summed E-state index contributed by atoms with van der Waals surface area (Å²) in [5.41, 5.74) is -0.508. The maximum Gasteiger partial charge on any atom is 0.148 e. The minimum Gasteiger partial charge on any atom is -0.458 e. The second-order valence-electron chi connectivity index (χ2n) is 4.92. The lowest BCUT2D eigenvalue weighted by Gasteiger charge is -2.24. The molecule has 3 nitrogen and oxygen atoms in total. The molecule has 0 bridgehead atoms. The number of hydrogen-bond donors (Lipinski definition) is 1. The summed E-state index contributed by atoms with van der Waals surface area (Å²) < 4.78 is 23.9. The fourth-order valence-electron chi connectivity index (χ4n) is 2.40. The van der Waals surface area contributed by atoms with Gasteiger partial charge in [0, 0.05) is 12.5 Å². The maximum absolute atomic E-state index is 13.1. The topological polar surface area (TPSA) is 42.6 Å². The summed E-state index contributed by atoms with van der Waals surface area (Å²) in [4.78, 5) is 0. The van der Waals surface area contributed by atoms with Crippen LogP contribution in [0.4, 0.5) is 4.39 Å². The van der Waals surface area contributed by atoms with Gasteiger partial charge in [0.25, 0.3) is 0 Å². The Balaban J connectivity index is 2.06. The van der Waals surface area contributed by atoms with Crippen LogP contribution in [0.5, 0.6) is 0 Å². The van der Waals surface area contributed by atoms with Crippen molar-refractivity contribution in [1.82, 2.24) is 0 Å². The summed E-state index contributed by atoms with van der Waals surface area (Å²) in [6.07, 6.45) is 1.93. The zero-order valence-electron chi connectivity index (χ0n) is 10.1. The zero-order chi connectivity index (χ0) is 12.8. The fraction of sp³-hybridized carbons (Fsp3) is 0.429. The third kappa shape index (κ3) is 1.82. The van der Waals surface area contributed by atoms with E-state index in [1.807, 2.05) is 0 Å². The fourth-order valence-corrected chi connectivity index (χ4v) is 2.40. The summed E-state index contributed by atoms with van der Waals surface area (Å²) in [5.74, 6) is 0.326. The Morgan fingerprint density at radius 1 is 1.44 bits per heavy atom. The molecule has 1 aromatic heterocycles. The van der Waals surface area contributed by atoms with Crippen LogP contribution in [-0.4, -0.2) is 18.8 Å². The average Bonchev–Trinajstić information content (AvgIpc) is 3.10. The highest BCUT2D eigenvalue weighted by Crippen LogP contribution is 2.47. The number of fused-ring (bicyclic) bond motifs is 1. The van der Waals surface area contributed by atoms with Gasteiger partial charge < -0.3 is 14.3 Å². The predicted octanol–water partition coefficient (Wildman–Crippen LogP) is 2.82. The molecule has 4 heteroatoms. The zero-order valence-corrected chi connectivity index (χ0v) is 10.1. The lowest BCUT2D eigenvalue weighted by Crippen LogP contribution is -2.33. The largest absolute Gasteiger partial charge is 0.458 e. The Kier molecular flexibility index (Phi) is 2.64. The van der Waals surface area contributed by atoms with Crippen molar-refractivity contribution >= 4 is 11.0 Å². The van der Waals surface area contributed by atoms with Crippen LogP contribution in [0.3, 0.4) is 0 Å². The van der Waals surface area contributed by atoms with E-state index in [-0.39, 0.29) is 18.3 Å². The van der Waals surface area contributed by atoms with E-state index in [1.165, 1.54) is 12.1 Å². The van der Waals surface area contributed by atoms with Crippen LogP contribution < -0.4 is 0 Å². The summed E-state index contributed by atoms with van der Waals surface area (Å²) >= 11 is 0. The molecule has 1 aromatic carbocycles. The molecular weight excluding hydrogens is 235 g/mol. The Bertz CT molecular complexity index is 573. The molecule has 1 saturated carbocycles. The van der Waals surface area contributed by atoms with Gasteiger partial charge >= 0.3 is 0 Å². The standard InChI is InChI=1S/C14H15FO3/c1-17-8-14(16,10-2-3-10)13-7-9-6-11(15)4-5-12(9)18-13/h4-7,10,16H,2-3,8H2,1H3. The molecule has 1 N–H and O–H groups in total. The molecular formula is C14H15FO3. The molecule has 2 aromatic rings. The van der Waals surface area contributed by atoms with Gasteiger partial charge in [0.15, 0.2) is 0 Å². The van der Waals surface area contributed by atoms with Crippen LogP contribution in [0.15, 0.2) is 28.7 Å². The molecule has 96 valence electrons. The van der Waals surface area contributed by atoms with Crippen molar-refractivity contribution in [1.29, 1.82) is 0 Å². The van der Waals surface area contributed by atoms with E-state index in [0.29, 0.717) is 16.7 Å². The quantitative estimate of drug-likeness (QED) is 0.907. The summed E-state index contributed by atoms with van der Waals surface area (Å²) in [6.45, 7) is 0.194. The third-order valence-corrected chi connectivity index (χ3v) is 3.52. The lowest BCUT2D eigenvalue weighted by molar-refractivity contribution is -0.0669. The third-order valence-electron chi connectivity index (χ3n) is 3.52. The van der Waals surface area contributed by atoms with Crippen LogP contribution >= 0.6 is 0 Å². The number of rotatable bonds is 4. The molecule has 0 aliphatic heterocycles. The Morgan fingerprint density at radius 3 is 2.89 bits per heavy atom. The number of hydrogen-bond acceptors (Lipinski definition) is 3. The first kappa shape index (κ1) is 11.7. The van der Waals surface area contributed by atoms with Crippen molar-refractivity contribution < 1.29 is 18.7 Å². The van der Waals surface area contributed by atoms with E-state index in [2.05, 4.69) is 0 Å². The van der Waals surface area contributed by atoms with Crippen molar-refractivity contribution in [3.63, 3.8) is 0 Å². The van der Waals surface area contributed by atoms with E-state index < -0.39 is 5.60 Å². The average molecular weight is 250 g/mol. The predicted molar refractivity (Wildman–Crippen MR) is 64.7 cm³/mol. The smallest absolute Gasteiger partial charge is 0.148 e. The second-order valence-corrected chi connectivity index (χ2v) is 4.92. The Hall–Kier alpha value is -1.39. The van der Waals surface area contributed by atoms with Gasteiger partial charge in [0.05, 0.1) is 6.61 Å². The minimum atomic E-state index is -1.09. The van der Waals surface area contributed by atoms with Crippen molar-refractivity contribution in [3.05, 3.63) is 35.8 Å². The molecule has 0 amide bonds. The number of aliphatic hydroxyl groups is 1. The summed E-state index contributed by atoms with van der Waals surface area (Å²) in [5, 5.41) is 11.3. The molecule has 3 rings (SSSR count). The molecule has 1 unspecified atom stereocenters. The number of halogens is 1. The second kappa shape index (κ2) is 4.07. The highest BCUT2D eigenvalue weighted by molar-refractivity contribution is 5.78. The monoisotopic (exact) mass is 250 g/mol. The molecule has 1 fully saturated rings. The summed E-state index contributed by atoms with van der Waals surface area (Å²) in [7, 11) is 1.55. The minimum absolute atomic E-state index is 0.169. The molecule has 1 aliphatic rings. The highest BCUT2D eigenvalue weighted by Gasteiger charge is 2.47. The van der Waals surface area contributed by atoms with Gasteiger partial charge in [-0.3, -0.25) is 0 Å².